The number of hydrogen-bond acceptors (Lipinski definition) is 5. The summed E-state index contributed by atoms with van der Waals surface area (Å²) in [5, 5.41) is 22.7. The molecule has 0 aromatic heterocycles. The molecule has 1 saturated heterocycles. The Morgan fingerprint density at radius 1 is 1.04 bits per heavy atom. The van der Waals surface area contributed by atoms with Crippen molar-refractivity contribution in [3.63, 3.8) is 0 Å². The number of ether oxygens (including phenoxy) is 1. The molecule has 2 saturated carbocycles. The largest absolute Gasteiger partial charge is 0.395 e. The number of aliphatic hydroxyl groups excluding tert-OH is 1. The highest BCUT2D eigenvalue weighted by Crippen LogP contribution is 2.28. The van der Waals surface area contributed by atoms with E-state index in [0.29, 0.717) is 37.1 Å². The molecule has 0 aromatic carbocycles. The zero-order valence-electron chi connectivity index (χ0n) is 15.9. The van der Waals surface area contributed by atoms with Crippen LogP contribution in [0.3, 0.4) is 0 Å². The van der Waals surface area contributed by atoms with Gasteiger partial charge in [-0.05, 0) is 57.3 Å². The van der Waals surface area contributed by atoms with Gasteiger partial charge < -0.3 is 15.2 Å². The van der Waals surface area contributed by atoms with Crippen molar-refractivity contribution in [2.45, 2.75) is 82.4 Å². The monoisotopic (exact) mass is 355 g/mol. The molecule has 6 nitrogen and oxygen atoms in total. The molecule has 1 heterocycles. The van der Waals surface area contributed by atoms with E-state index in [2.05, 4.69) is 21.3 Å². The Hall–Kier alpha value is -0.240. The first-order chi connectivity index (χ1) is 12.3. The molecule has 0 radical (unpaired) electrons. The molecule has 4 atom stereocenters. The van der Waals surface area contributed by atoms with Crippen LogP contribution in [0.25, 0.3) is 0 Å². The summed E-state index contributed by atoms with van der Waals surface area (Å²) in [4.78, 5) is 0. The average Bonchev–Trinajstić information content (AvgIpc) is 2.66. The molecule has 6 heteroatoms. The van der Waals surface area contributed by atoms with Gasteiger partial charge in [0.05, 0.1) is 24.9 Å². The lowest BCUT2D eigenvalue weighted by Gasteiger charge is -2.44. The molecule has 146 valence electrons. The Morgan fingerprint density at radius 3 is 2.60 bits per heavy atom. The quantitative estimate of drug-likeness (QED) is 0.426. The second-order valence-electron chi connectivity index (χ2n) is 8.23. The zero-order chi connectivity index (χ0) is 17.5. The second-order valence-corrected chi connectivity index (χ2v) is 8.23. The van der Waals surface area contributed by atoms with Crippen LogP contribution in [-0.4, -0.2) is 56.5 Å². The fourth-order valence-corrected chi connectivity index (χ4v) is 5.12. The van der Waals surface area contributed by atoms with E-state index in [4.69, 9.17) is 9.84 Å². The zero-order valence-corrected chi connectivity index (χ0v) is 15.9. The van der Waals surface area contributed by atoms with Crippen LogP contribution in [0.2, 0.25) is 0 Å². The van der Waals surface area contributed by atoms with Crippen molar-refractivity contribution >= 4 is 0 Å². The van der Waals surface area contributed by atoms with Crippen LogP contribution in [-0.2, 0) is 4.74 Å². The summed E-state index contributed by atoms with van der Waals surface area (Å²) in [6.45, 7) is 1.97. The summed E-state index contributed by atoms with van der Waals surface area (Å²) in [6, 6.07) is 0.709. The van der Waals surface area contributed by atoms with Gasteiger partial charge in [0, 0.05) is 26.1 Å². The smallest absolute Gasteiger partial charge is 0.198 e. The molecule has 1 aliphatic heterocycles. The number of aliphatic hydroxyl groups is 1. The summed E-state index contributed by atoms with van der Waals surface area (Å²) >= 11 is 0. The normalized spacial score (nSPS) is 39.1. The minimum absolute atomic E-state index is 0.210. The summed E-state index contributed by atoms with van der Waals surface area (Å²) in [5.41, 5.74) is 0. The number of methoxy groups -OCH3 is 1. The highest BCUT2D eigenvalue weighted by Gasteiger charge is 2.41. The molecule has 3 rings (SSSR count). The van der Waals surface area contributed by atoms with E-state index in [9.17, 15) is 0 Å². The maximum atomic E-state index is 9.16. The van der Waals surface area contributed by atoms with E-state index in [1.165, 1.54) is 57.8 Å². The molecule has 0 amide bonds. The van der Waals surface area contributed by atoms with Crippen molar-refractivity contribution in [3.05, 3.63) is 0 Å². The topological polar surface area (TPSA) is 82.2 Å². The standard InChI is InChI=1S/C19H38N4O2/c1-25-15-8-6-14(7-9-15)10-11-21-19-22-17-5-3-2-4-16(17)18(23-19)20-12-13-24/h14-24H,2-13H2,1H3/p+1. The Kier molecular flexibility index (Phi) is 7.95. The van der Waals surface area contributed by atoms with E-state index in [0.717, 1.165) is 12.5 Å². The van der Waals surface area contributed by atoms with Crippen LogP contribution in [0, 0.1) is 11.8 Å². The second kappa shape index (κ2) is 10.2. The lowest BCUT2D eigenvalue weighted by atomic mass is 9.81. The Morgan fingerprint density at radius 2 is 1.84 bits per heavy atom. The average molecular weight is 356 g/mol. The molecule has 0 aromatic rings. The van der Waals surface area contributed by atoms with Crippen LogP contribution in [0.4, 0.5) is 0 Å². The van der Waals surface area contributed by atoms with Crippen molar-refractivity contribution in [1.29, 1.82) is 0 Å². The predicted molar refractivity (Wildman–Crippen MR) is 98.8 cm³/mol. The molecule has 6 N–H and O–H groups in total. The van der Waals surface area contributed by atoms with Crippen LogP contribution < -0.4 is 21.3 Å². The first kappa shape index (κ1) is 19.5. The number of quaternary nitrogens is 1. The first-order valence-corrected chi connectivity index (χ1v) is 10.5. The third-order valence-electron chi connectivity index (χ3n) is 6.62. The minimum Gasteiger partial charge on any atom is -0.395 e. The van der Waals surface area contributed by atoms with E-state index in [1.54, 1.807) is 0 Å². The Bertz CT molecular complexity index is 376. The number of fused-ring (bicyclic) bond motifs is 1. The lowest BCUT2D eigenvalue weighted by Crippen LogP contribution is -3.06. The molecular formula is C19H39N4O2+. The molecule has 4 unspecified atom stereocenters. The van der Waals surface area contributed by atoms with Gasteiger partial charge in [0.2, 0.25) is 0 Å². The highest BCUT2D eigenvalue weighted by atomic mass is 16.5. The fraction of sp³-hybridized carbons (Fsp3) is 1.00. The summed E-state index contributed by atoms with van der Waals surface area (Å²) in [6.07, 6.45) is 12.8. The first-order valence-electron chi connectivity index (χ1n) is 10.5. The number of rotatable bonds is 8. The number of nitrogens with one attached hydrogen (secondary N) is 3. The van der Waals surface area contributed by atoms with Crippen molar-refractivity contribution in [1.82, 2.24) is 16.0 Å². The third kappa shape index (κ3) is 5.62. The van der Waals surface area contributed by atoms with Gasteiger partial charge in [0.1, 0.15) is 0 Å². The SMILES string of the molecule is COC1CCC(CCNC2NC(NCCO)C3CCCCC3[NH2+]2)CC1. The maximum absolute atomic E-state index is 9.16. The molecule has 3 fully saturated rings. The van der Waals surface area contributed by atoms with Crippen molar-refractivity contribution in [3.8, 4) is 0 Å². The summed E-state index contributed by atoms with van der Waals surface area (Å²) in [5.74, 6) is 1.54. The highest BCUT2D eigenvalue weighted by molar-refractivity contribution is 4.86. The van der Waals surface area contributed by atoms with Gasteiger partial charge in [-0.25, -0.2) is 5.32 Å². The minimum atomic E-state index is 0.210. The van der Waals surface area contributed by atoms with Crippen molar-refractivity contribution in [2.24, 2.45) is 11.8 Å². The molecule has 0 spiro atoms. The van der Waals surface area contributed by atoms with Gasteiger partial charge in [-0.1, -0.05) is 6.42 Å². The van der Waals surface area contributed by atoms with E-state index >= 15 is 0 Å². The molecular weight excluding hydrogens is 316 g/mol. The van der Waals surface area contributed by atoms with Crippen LogP contribution in [0.1, 0.15) is 57.8 Å². The maximum Gasteiger partial charge on any atom is 0.198 e. The predicted octanol–water partition coefficient (Wildman–Crippen LogP) is 0.0883. The Balaban J connectivity index is 1.41. The van der Waals surface area contributed by atoms with Crippen molar-refractivity contribution in [2.75, 3.05) is 26.8 Å². The number of hydrogen-bond donors (Lipinski definition) is 5. The fourth-order valence-electron chi connectivity index (χ4n) is 5.12. The van der Waals surface area contributed by atoms with Crippen LogP contribution >= 0.6 is 0 Å². The van der Waals surface area contributed by atoms with Gasteiger partial charge in [-0.3, -0.25) is 10.6 Å². The van der Waals surface area contributed by atoms with Gasteiger partial charge in [-0.2, -0.15) is 0 Å². The van der Waals surface area contributed by atoms with Gasteiger partial charge >= 0.3 is 0 Å². The Labute approximate surface area is 152 Å². The van der Waals surface area contributed by atoms with Gasteiger partial charge in [0.25, 0.3) is 0 Å². The summed E-state index contributed by atoms with van der Waals surface area (Å²) in [7, 11) is 1.84. The molecule has 3 aliphatic rings. The molecule has 2 aliphatic carbocycles. The van der Waals surface area contributed by atoms with E-state index < -0.39 is 0 Å². The van der Waals surface area contributed by atoms with Crippen LogP contribution in [0.5, 0.6) is 0 Å². The van der Waals surface area contributed by atoms with E-state index in [-0.39, 0.29) is 6.61 Å². The third-order valence-corrected chi connectivity index (χ3v) is 6.62. The summed E-state index contributed by atoms with van der Waals surface area (Å²) < 4.78 is 5.48. The van der Waals surface area contributed by atoms with Gasteiger partial charge in [-0.15, -0.1) is 0 Å². The lowest BCUT2D eigenvalue weighted by molar-refractivity contribution is -0.750. The van der Waals surface area contributed by atoms with E-state index in [1.807, 2.05) is 7.11 Å². The molecule has 0 bridgehead atoms. The van der Waals surface area contributed by atoms with Crippen molar-refractivity contribution < 1.29 is 15.2 Å². The molecule has 25 heavy (non-hydrogen) atoms. The number of nitrogens with two attached hydrogens (primary N) is 1. The van der Waals surface area contributed by atoms with Gasteiger partial charge in [0.15, 0.2) is 6.29 Å². The van der Waals surface area contributed by atoms with Crippen LogP contribution in [0.15, 0.2) is 0 Å².